The summed E-state index contributed by atoms with van der Waals surface area (Å²) in [6.07, 6.45) is 3.62. The molecule has 0 atom stereocenters. The minimum Gasteiger partial charge on any atom is -0.413 e. The van der Waals surface area contributed by atoms with E-state index in [1.807, 2.05) is 24.3 Å². The number of benzene rings is 1. The number of rotatable bonds is 5. The molecule has 20 heavy (non-hydrogen) atoms. The molecule has 0 amide bonds. The van der Waals surface area contributed by atoms with E-state index in [0.29, 0.717) is 11.6 Å². The van der Waals surface area contributed by atoms with Gasteiger partial charge in [-0.1, -0.05) is 50.6 Å². The summed E-state index contributed by atoms with van der Waals surface area (Å²) < 4.78 is 6.24. The van der Waals surface area contributed by atoms with Gasteiger partial charge in [0.15, 0.2) is 8.32 Å². The van der Waals surface area contributed by atoms with Crippen LogP contribution in [0.1, 0.15) is 31.9 Å². The first-order valence-electron chi connectivity index (χ1n) is 6.87. The first-order valence-corrected chi connectivity index (χ1v) is 10.2. The van der Waals surface area contributed by atoms with Crippen LogP contribution in [0.3, 0.4) is 0 Å². The third-order valence-corrected chi connectivity index (χ3v) is 8.62. The topological polar surface area (TPSA) is 29.5 Å². The first-order chi connectivity index (χ1) is 9.17. The van der Waals surface area contributed by atoms with Gasteiger partial charge in [0.2, 0.25) is 0 Å². The SMILES string of the molecule is CC(C)(C)[Si](C)(C)OCc1cc(Cl)ccc1C=CCO. The summed E-state index contributed by atoms with van der Waals surface area (Å²) in [5.74, 6) is 0. The number of hydrogen-bond acceptors (Lipinski definition) is 2. The van der Waals surface area contributed by atoms with Crippen LogP contribution in [-0.4, -0.2) is 20.0 Å². The lowest BCUT2D eigenvalue weighted by molar-refractivity contribution is 0.276. The maximum absolute atomic E-state index is 8.90. The van der Waals surface area contributed by atoms with Crippen LogP contribution in [0.5, 0.6) is 0 Å². The van der Waals surface area contributed by atoms with E-state index >= 15 is 0 Å². The first kappa shape index (κ1) is 17.4. The standard InChI is InChI=1S/C16H25ClO2Si/c1-16(2,3)20(4,5)19-12-14-11-15(17)9-8-13(14)7-6-10-18/h6-9,11,18H,10,12H2,1-5H3. The Kier molecular flexibility index (Phi) is 6.01. The Morgan fingerprint density at radius 1 is 1.30 bits per heavy atom. The highest BCUT2D eigenvalue weighted by atomic mass is 35.5. The molecule has 0 fully saturated rings. The molecule has 112 valence electrons. The second kappa shape index (κ2) is 6.90. The molecule has 0 unspecified atom stereocenters. The largest absolute Gasteiger partial charge is 0.413 e. The van der Waals surface area contributed by atoms with Crippen molar-refractivity contribution in [1.29, 1.82) is 0 Å². The molecule has 0 spiro atoms. The van der Waals surface area contributed by atoms with Crippen LogP contribution in [0.2, 0.25) is 23.2 Å². The second-order valence-electron chi connectivity index (χ2n) is 6.48. The number of halogens is 1. The van der Waals surface area contributed by atoms with Crippen molar-refractivity contribution in [2.45, 2.75) is 45.5 Å². The Morgan fingerprint density at radius 2 is 1.95 bits per heavy atom. The van der Waals surface area contributed by atoms with Gasteiger partial charge < -0.3 is 9.53 Å². The van der Waals surface area contributed by atoms with E-state index < -0.39 is 8.32 Å². The van der Waals surface area contributed by atoms with E-state index in [9.17, 15) is 0 Å². The Bertz CT molecular complexity index is 476. The summed E-state index contributed by atoms with van der Waals surface area (Å²) in [5, 5.41) is 9.80. The molecule has 0 heterocycles. The van der Waals surface area contributed by atoms with E-state index in [2.05, 4.69) is 33.9 Å². The molecule has 0 bridgehead atoms. The van der Waals surface area contributed by atoms with E-state index in [1.54, 1.807) is 6.08 Å². The highest BCUT2D eigenvalue weighted by Crippen LogP contribution is 2.37. The quantitative estimate of drug-likeness (QED) is 0.786. The van der Waals surface area contributed by atoms with Gasteiger partial charge in [-0.3, -0.25) is 0 Å². The van der Waals surface area contributed by atoms with Crippen molar-refractivity contribution >= 4 is 26.0 Å². The minimum atomic E-state index is -1.78. The van der Waals surface area contributed by atoms with Crippen molar-refractivity contribution in [3.8, 4) is 0 Å². The maximum atomic E-state index is 8.90. The Hall–Kier alpha value is -0.613. The fraction of sp³-hybridized carbons (Fsp3) is 0.500. The lowest BCUT2D eigenvalue weighted by Gasteiger charge is -2.36. The summed E-state index contributed by atoms with van der Waals surface area (Å²) in [7, 11) is -1.78. The fourth-order valence-electron chi connectivity index (χ4n) is 1.52. The molecule has 0 saturated heterocycles. The van der Waals surface area contributed by atoms with Gasteiger partial charge in [0, 0.05) is 5.02 Å². The molecule has 0 radical (unpaired) electrons. The molecule has 0 aliphatic rings. The molecular weight excluding hydrogens is 288 g/mol. The normalized spacial score (nSPS) is 13.2. The highest BCUT2D eigenvalue weighted by Gasteiger charge is 2.37. The van der Waals surface area contributed by atoms with Gasteiger partial charge in [-0.05, 0) is 41.4 Å². The maximum Gasteiger partial charge on any atom is 0.192 e. The zero-order valence-corrected chi connectivity index (χ0v) is 14.8. The third-order valence-electron chi connectivity index (χ3n) is 3.90. The van der Waals surface area contributed by atoms with E-state index in [0.717, 1.165) is 11.1 Å². The Balaban J connectivity index is 2.92. The molecule has 0 aromatic heterocycles. The van der Waals surface area contributed by atoms with Gasteiger partial charge in [0.1, 0.15) is 0 Å². The van der Waals surface area contributed by atoms with Gasteiger partial charge in [0.05, 0.1) is 13.2 Å². The summed E-state index contributed by atoms with van der Waals surface area (Å²) >= 11 is 6.07. The smallest absolute Gasteiger partial charge is 0.192 e. The van der Waals surface area contributed by atoms with Gasteiger partial charge in [-0.15, -0.1) is 0 Å². The van der Waals surface area contributed by atoms with E-state index in [4.69, 9.17) is 21.1 Å². The lowest BCUT2D eigenvalue weighted by atomic mass is 10.1. The van der Waals surface area contributed by atoms with E-state index in [1.165, 1.54) is 0 Å². The summed E-state index contributed by atoms with van der Waals surface area (Å²) in [6.45, 7) is 11.7. The van der Waals surface area contributed by atoms with Gasteiger partial charge in [0.25, 0.3) is 0 Å². The van der Waals surface area contributed by atoms with Crippen molar-refractivity contribution < 1.29 is 9.53 Å². The zero-order valence-electron chi connectivity index (χ0n) is 13.0. The molecule has 0 saturated carbocycles. The van der Waals surface area contributed by atoms with Crippen molar-refractivity contribution in [3.05, 3.63) is 40.4 Å². The molecule has 0 aliphatic heterocycles. The predicted molar refractivity (Wildman–Crippen MR) is 89.6 cm³/mol. The summed E-state index contributed by atoms with van der Waals surface area (Å²) in [6, 6.07) is 5.75. The number of hydrogen-bond donors (Lipinski definition) is 1. The number of aliphatic hydroxyl groups excluding tert-OH is 1. The zero-order chi connectivity index (χ0) is 15.4. The lowest BCUT2D eigenvalue weighted by Crippen LogP contribution is -2.40. The van der Waals surface area contributed by atoms with Crippen molar-refractivity contribution in [3.63, 3.8) is 0 Å². The van der Waals surface area contributed by atoms with Crippen LogP contribution in [-0.2, 0) is 11.0 Å². The van der Waals surface area contributed by atoms with Crippen LogP contribution in [0, 0.1) is 0 Å². The molecular formula is C16H25ClO2Si. The average Bonchev–Trinajstić information content (AvgIpc) is 2.34. The van der Waals surface area contributed by atoms with Crippen LogP contribution in [0.4, 0.5) is 0 Å². The van der Waals surface area contributed by atoms with E-state index in [-0.39, 0.29) is 11.6 Å². The summed E-state index contributed by atoms with van der Waals surface area (Å²) in [5.41, 5.74) is 2.11. The highest BCUT2D eigenvalue weighted by molar-refractivity contribution is 6.74. The minimum absolute atomic E-state index is 0.0329. The summed E-state index contributed by atoms with van der Waals surface area (Å²) in [4.78, 5) is 0. The van der Waals surface area contributed by atoms with Gasteiger partial charge in [-0.2, -0.15) is 0 Å². The van der Waals surface area contributed by atoms with Gasteiger partial charge in [-0.25, -0.2) is 0 Å². The molecule has 2 nitrogen and oxygen atoms in total. The van der Waals surface area contributed by atoms with Crippen LogP contribution < -0.4 is 0 Å². The molecule has 4 heteroatoms. The van der Waals surface area contributed by atoms with Crippen molar-refractivity contribution in [2.75, 3.05) is 6.61 Å². The van der Waals surface area contributed by atoms with Crippen molar-refractivity contribution in [1.82, 2.24) is 0 Å². The third kappa shape index (κ3) is 4.74. The predicted octanol–water partition coefficient (Wildman–Crippen LogP) is 4.87. The Labute approximate surface area is 128 Å². The monoisotopic (exact) mass is 312 g/mol. The average molecular weight is 313 g/mol. The fourth-order valence-corrected chi connectivity index (χ4v) is 2.66. The van der Waals surface area contributed by atoms with Gasteiger partial charge >= 0.3 is 0 Å². The number of aliphatic hydroxyl groups is 1. The molecule has 1 N–H and O–H groups in total. The van der Waals surface area contributed by atoms with Crippen molar-refractivity contribution in [2.24, 2.45) is 0 Å². The molecule has 0 aliphatic carbocycles. The van der Waals surface area contributed by atoms with Crippen LogP contribution in [0.15, 0.2) is 24.3 Å². The van der Waals surface area contributed by atoms with Crippen LogP contribution >= 0.6 is 11.6 Å². The Morgan fingerprint density at radius 3 is 2.50 bits per heavy atom. The molecule has 1 rings (SSSR count). The van der Waals surface area contributed by atoms with Crippen LogP contribution in [0.25, 0.3) is 6.08 Å². The second-order valence-corrected chi connectivity index (χ2v) is 11.7. The molecule has 1 aromatic rings. The molecule has 1 aromatic carbocycles.